The Morgan fingerprint density at radius 3 is 2.52 bits per heavy atom. The van der Waals surface area contributed by atoms with Crippen LogP contribution in [-0.4, -0.2) is 16.4 Å². The van der Waals surface area contributed by atoms with Gasteiger partial charge in [0, 0.05) is 35.4 Å². The number of nitrogens with one attached hydrogen (secondary N) is 3. The van der Waals surface area contributed by atoms with Crippen molar-refractivity contribution in [3.8, 4) is 0 Å². The Morgan fingerprint density at radius 1 is 0.970 bits per heavy atom. The number of hydrogen-bond donors (Lipinski definition) is 4. The first-order valence-corrected chi connectivity index (χ1v) is 10.6. The van der Waals surface area contributed by atoms with Crippen LogP contribution in [0.2, 0.25) is 0 Å². The summed E-state index contributed by atoms with van der Waals surface area (Å²) in [6, 6.07) is 23.3. The molecule has 0 aliphatic rings. The smallest absolute Gasteiger partial charge is 0.323 e. The van der Waals surface area contributed by atoms with E-state index in [1.165, 1.54) is 5.56 Å². The van der Waals surface area contributed by atoms with Crippen molar-refractivity contribution in [1.29, 1.82) is 5.41 Å². The van der Waals surface area contributed by atoms with E-state index < -0.39 is 0 Å². The third-order valence-corrected chi connectivity index (χ3v) is 5.57. The molecule has 5 N–H and O–H groups in total. The van der Waals surface area contributed by atoms with E-state index in [1.807, 2.05) is 72.4 Å². The molecule has 0 spiro atoms. The van der Waals surface area contributed by atoms with E-state index in [4.69, 9.17) is 11.1 Å². The van der Waals surface area contributed by atoms with Gasteiger partial charge < -0.3 is 20.9 Å². The normalized spacial score (nSPS) is 10.5. The molecule has 170 valence electrons. The highest BCUT2D eigenvalue weighted by Crippen LogP contribution is 2.23. The van der Waals surface area contributed by atoms with Crippen LogP contribution in [0.1, 0.15) is 23.1 Å². The van der Waals surface area contributed by atoms with Gasteiger partial charge in [0.1, 0.15) is 5.84 Å². The van der Waals surface area contributed by atoms with Crippen molar-refractivity contribution in [2.75, 3.05) is 10.6 Å². The van der Waals surface area contributed by atoms with Crippen molar-refractivity contribution in [2.45, 2.75) is 19.3 Å². The summed E-state index contributed by atoms with van der Waals surface area (Å²) in [5, 5.41) is 14.9. The summed E-state index contributed by atoms with van der Waals surface area (Å²) in [4.78, 5) is 12.7. The van der Waals surface area contributed by atoms with E-state index in [1.54, 1.807) is 6.07 Å². The van der Waals surface area contributed by atoms with Crippen molar-refractivity contribution >= 4 is 58.1 Å². The number of carbonyl (C=O) groups excluding carboxylic acids is 1. The largest absolute Gasteiger partial charge is 0.384 e. The summed E-state index contributed by atoms with van der Waals surface area (Å²) in [6.07, 6.45) is 4.62. The Labute approximate surface area is 210 Å². The molecule has 0 fully saturated rings. The maximum absolute atomic E-state index is 12.7. The predicted molar refractivity (Wildman–Crippen MR) is 147 cm³/mol. The lowest BCUT2D eigenvalue weighted by molar-refractivity contribution is 0.262. The summed E-state index contributed by atoms with van der Waals surface area (Å²) in [5.74, 6) is -0.0543. The lowest BCUT2D eigenvalue weighted by atomic mass is 9.98. The van der Waals surface area contributed by atoms with E-state index in [9.17, 15) is 4.79 Å². The molecule has 1 aromatic heterocycles. The molecule has 0 radical (unpaired) electrons. The van der Waals surface area contributed by atoms with Crippen LogP contribution in [0.5, 0.6) is 0 Å². The van der Waals surface area contributed by atoms with E-state index in [0.29, 0.717) is 16.9 Å². The molecule has 0 unspecified atom stereocenters. The molecule has 7 heteroatoms. The summed E-state index contributed by atoms with van der Waals surface area (Å²) in [7, 11) is 1.98. The molecule has 4 rings (SSSR count). The molecule has 1 heterocycles. The van der Waals surface area contributed by atoms with Crippen molar-refractivity contribution in [1.82, 2.24) is 4.57 Å². The lowest BCUT2D eigenvalue weighted by Crippen LogP contribution is -2.23. The third kappa shape index (κ3) is 5.92. The maximum Gasteiger partial charge on any atom is 0.323 e. The van der Waals surface area contributed by atoms with Crippen LogP contribution >= 0.6 is 24.0 Å². The zero-order valence-electron chi connectivity index (χ0n) is 18.5. The Balaban J connectivity index is 0.00000306. The molecule has 0 atom stereocenters. The molecule has 33 heavy (non-hydrogen) atoms. The van der Waals surface area contributed by atoms with Gasteiger partial charge in [0.05, 0.1) is 5.69 Å². The van der Waals surface area contributed by atoms with E-state index in [-0.39, 0.29) is 35.8 Å². The Morgan fingerprint density at radius 2 is 1.76 bits per heavy atom. The number of halogens is 1. The molecule has 0 aliphatic heterocycles. The van der Waals surface area contributed by atoms with Crippen LogP contribution in [0.3, 0.4) is 0 Å². The molecule has 3 aromatic carbocycles. The van der Waals surface area contributed by atoms with Crippen LogP contribution < -0.4 is 16.4 Å². The molecule has 6 nitrogen and oxygen atoms in total. The van der Waals surface area contributed by atoms with Gasteiger partial charge in [-0.2, -0.15) is 0 Å². The topological polar surface area (TPSA) is 95.9 Å². The minimum atomic E-state index is -0.371. The minimum absolute atomic E-state index is 0. The molecule has 4 aromatic rings. The van der Waals surface area contributed by atoms with Gasteiger partial charge in [-0.15, -0.1) is 24.0 Å². The third-order valence-electron chi connectivity index (χ3n) is 5.57. The van der Waals surface area contributed by atoms with Crippen molar-refractivity contribution < 1.29 is 4.79 Å². The number of benzene rings is 3. The quantitative estimate of drug-likeness (QED) is 0.130. The minimum Gasteiger partial charge on any atom is -0.384 e. The Hall–Kier alpha value is -3.33. The second-order valence-corrected chi connectivity index (χ2v) is 7.87. The molecular formula is C26H28IN5O. The van der Waals surface area contributed by atoms with Crippen LogP contribution in [0.4, 0.5) is 16.2 Å². The molecule has 0 saturated carbocycles. The van der Waals surface area contributed by atoms with Gasteiger partial charge in [-0.1, -0.05) is 42.5 Å². The van der Waals surface area contributed by atoms with Crippen molar-refractivity contribution in [2.24, 2.45) is 12.8 Å². The fourth-order valence-corrected chi connectivity index (χ4v) is 4.00. The fraction of sp³-hybridized carbons (Fsp3) is 0.154. The first-order chi connectivity index (χ1) is 15.5. The first-order valence-electron chi connectivity index (χ1n) is 10.6. The van der Waals surface area contributed by atoms with Gasteiger partial charge in [-0.3, -0.25) is 5.41 Å². The first kappa shape index (κ1) is 24.3. The number of carbonyl (C=O) groups is 1. The number of nitrogen functional groups attached to an aromatic ring is 1. The summed E-state index contributed by atoms with van der Waals surface area (Å²) in [5.41, 5.74) is 11.0. The predicted octanol–water partition coefficient (Wildman–Crippen LogP) is 5.90. The fourth-order valence-electron chi connectivity index (χ4n) is 4.00. The number of urea groups is 1. The highest BCUT2D eigenvalue weighted by Gasteiger charge is 2.14. The summed E-state index contributed by atoms with van der Waals surface area (Å²) >= 11 is 0. The molecule has 0 bridgehead atoms. The zero-order chi connectivity index (χ0) is 22.5. The summed E-state index contributed by atoms with van der Waals surface area (Å²) < 4.78 is 2.03. The van der Waals surface area contributed by atoms with Gasteiger partial charge in [0.15, 0.2) is 0 Å². The van der Waals surface area contributed by atoms with Gasteiger partial charge in [-0.25, -0.2) is 4.79 Å². The highest BCUT2D eigenvalue weighted by atomic mass is 127. The SMILES string of the molecule is Cn1ccc2cc(NC(=O)Nc3cccc(CCCc4ccccc4)c3C(=N)N)ccc21.I. The number of fused-ring (bicyclic) bond motifs is 1. The number of amidine groups is 1. The van der Waals surface area contributed by atoms with Gasteiger partial charge in [-0.05, 0) is 60.7 Å². The zero-order valence-corrected chi connectivity index (χ0v) is 20.8. The van der Waals surface area contributed by atoms with E-state index in [0.717, 1.165) is 35.7 Å². The molecular weight excluding hydrogens is 525 g/mol. The monoisotopic (exact) mass is 553 g/mol. The van der Waals surface area contributed by atoms with Crippen LogP contribution in [-0.2, 0) is 19.9 Å². The second kappa shape index (κ2) is 11.0. The number of aromatic nitrogens is 1. The molecule has 0 aliphatic carbocycles. The number of aryl methyl sites for hydroxylation is 3. The van der Waals surface area contributed by atoms with Crippen LogP contribution in [0.15, 0.2) is 79.0 Å². The van der Waals surface area contributed by atoms with Crippen LogP contribution in [0, 0.1) is 5.41 Å². The van der Waals surface area contributed by atoms with Gasteiger partial charge in [0.25, 0.3) is 0 Å². The number of nitrogens with two attached hydrogens (primary N) is 1. The van der Waals surface area contributed by atoms with Gasteiger partial charge in [0.2, 0.25) is 0 Å². The number of rotatable bonds is 7. The number of amides is 2. The van der Waals surface area contributed by atoms with Crippen molar-refractivity contribution in [3.05, 3.63) is 95.7 Å². The van der Waals surface area contributed by atoms with Gasteiger partial charge >= 0.3 is 6.03 Å². The number of hydrogen-bond acceptors (Lipinski definition) is 2. The van der Waals surface area contributed by atoms with E-state index in [2.05, 4.69) is 22.8 Å². The number of anilines is 2. The molecule has 0 saturated heterocycles. The lowest BCUT2D eigenvalue weighted by Gasteiger charge is -2.15. The Kier molecular flexibility index (Phi) is 8.11. The Bertz CT molecular complexity index is 1270. The average molecular weight is 553 g/mol. The van der Waals surface area contributed by atoms with Crippen molar-refractivity contribution in [3.63, 3.8) is 0 Å². The molecule has 2 amide bonds. The standard InChI is InChI=1S/C26H27N5O.HI/c1-31-16-15-20-17-21(13-14-23(20)31)29-26(32)30-22-12-6-11-19(24(22)25(27)28)10-5-9-18-7-3-2-4-8-18;/h2-4,6-8,11-17H,5,9-10H2,1H3,(H3,27,28)(H2,29,30,32);1H. The van der Waals surface area contributed by atoms with E-state index >= 15 is 0 Å². The van der Waals surface area contributed by atoms with Crippen LogP contribution in [0.25, 0.3) is 10.9 Å². The maximum atomic E-state index is 12.7. The highest BCUT2D eigenvalue weighted by molar-refractivity contribution is 14.0. The number of nitrogens with zero attached hydrogens (tertiary/aromatic N) is 1. The average Bonchev–Trinajstić information content (AvgIpc) is 3.14. The second-order valence-electron chi connectivity index (χ2n) is 7.87. The summed E-state index contributed by atoms with van der Waals surface area (Å²) in [6.45, 7) is 0.